The highest BCUT2D eigenvalue weighted by Crippen LogP contribution is 2.81. The highest BCUT2D eigenvalue weighted by molar-refractivity contribution is 7.78. The number of para-hydroxylation sites is 3. The molecule has 0 saturated heterocycles. The Morgan fingerprint density at radius 2 is 0.551 bits per heavy atom. The third-order valence-corrected chi connectivity index (χ3v) is 17.6. The molecule has 0 saturated carbocycles. The summed E-state index contributed by atoms with van der Waals surface area (Å²) < 4.78 is 74.8. The van der Waals surface area contributed by atoms with E-state index >= 15 is 0 Å². The molecule has 0 bridgehead atoms. The van der Waals surface area contributed by atoms with Gasteiger partial charge in [0.25, 0.3) is 0 Å². The zero-order valence-corrected chi connectivity index (χ0v) is 33.5. The van der Waals surface area contributed by atoms with Gasteiger partial charge in [0.15, 0.2) is 0 Å². The van der Waals surface area contributed by atoms with Crippen LogP contribution in [0.2, 0.25) is 0 Å². The molecule has 0 aliphatic carbocycles. The molecule has 1 aliphatic heterocycles. The summed E-state index contributed by atoms with van der Waals surface area (Å²) in [6.45, 7) is 18.8. The van der Waals surface area contributed by atoms with Crippen molar-refractivity contribution in [1.29, 1.82) is 0 Å². The Kier molecular flexibility index (Phi) is 14.0. The Bertz CT molecular complexity index is 1650. The quantitative estimate of drug-likeness (QED) is 0.132. The Morgan fingerprint density at radius 3 is 0.857 bits per heavy atom. The van der Waals surface area contributed by atoms with Gasteiger partial charge in [-0.3, -0.25) is 4.52 Å². The van der Waals surface area contributed by atoms with E-state index in [4.69, 9.17) is 54.3 Å². The Morgan fingerprint density at radius 1 is 0.327 bits per heavy atom. The largest absolute Gasteiger partial charge is 0.458 e. The van der Waals surface area contributed by atoms with Crippen LogP contribution >= 0.6 is 30.6 Å². The zero-order valence-electron chi connectivity index (χ0n) is 29.9. The lowest BCUT2D eigenvalue weighted by atomic mass is 10.3. The normalized spacial score (nSPS) is 19.7. The minimum atomic E-state index is -4.01. The van der Waals surface area contributed by atoms with Crippen LogP contribution in [0.25, 0.3) is 0 Å². The number of nitrogens with zero attached hydrogens (tertiary/aromatic N) is 4. The fourth-order valence-corrected chi connectivity index (χ4v) is 17.4. The van der Waals surface area contributed by atoms with E-state index in [0.717, 1.165) is 0 Å². The minimum absolute atomic E-state index is 0.391. The van der Waals surface area contributed by atoms with Crippen molar-refractivity contribution in [2.24, 2.45) is 18.1 Å². The standard InChI is InChI=1S/C33H50N4O8P4/c1-26(2)38-46(39-27(3)4)34-47(40-28(5)6,41-29(7)8)36-49(44-32-22-16-12-17-23-32,45-33-24-18-13-19-25-33)37-48(35-46,42-30(9)10)43-31-20-14-11-15-21-31/h11-30H,1-10H3. The summed E-state index contributed by atoms with van der Waals surface area (Å²) in [5, 5.41) is 0. The molecule has 1 unspecified atom stereocenters. The van der Waals surface area contributed by atoms with E-state index in [1.54, 1.807) is 36.4 Å². The van der Waals surface area contributed by atoms with Crippen LogP contribution in [-0.4, -0.2) is 30.5 Å². The second-order valence-electron chi connectivity index (χ2n) is 12.3. The molecule has 0 fully saturated rings. The molecule has 12 nitrogen and oxygen atoms in total. The molecule has 0 amide bonds. The fraction of sp³-hybridized carbons (Fsp3) is 0.455. The first-order valence-corrected chi connectivity index (χ1v) is 22.5. The predicted molar refractivity (Wildman–Crippen MR) is 200 cm³/mol. The lowest BCUT2D eigenvalue weighted by Crippen LogP contribution is -2.13. The maximum absolute atomic E-state index is 6.81. The second kappa shape index (κ2) is 17.3. The summed E-state index contributed by atoms with van der Waals surface area (Å²) in [4.78, 5) is 0. The molecule has 3 aromatic carbocycles. The minimum Gasteiger partial charge on any atom is -0.422 e. The van der Waals surface area contributed by atoms with Crippen molar-refractivity contribution in [1.82, 2.24) is 0 Å². The molecule has 0 spiro atoms. The smallest absolute Gasteiger partial charge is 0.422 e. The van der Waals surface area contributed by atoms with Gasteiger partial charge in [-0.25, -0.2) is 0 Å². The van der Waals surface area contributed by atoms with Crippen LogP contribution < -0.4 is 13.6 Å². The molecular formula is C33H50N4O8P4. The number of benzene rings is 3. The molecule has 3 aromatic rings. The Labute approximate surface area is 292 Å². The van der Waals surface area contributed by atoms with Crippen LogP contribution in [-0.2, 0) is 22.6 Å². The average Bonchev–Trinajstić information content (AvgIpc) is 2.95. The van der Waals surface area contributed by atoms with Gasteiger partial charge in [0.05, 0.1) is 30.5 Å². The van der Waals surface area contributed by atoms with Gasteiger partial charge < -0.3 is 31.7 Å². The summed E-state index contributed by atoms with van der Waals surface area (Å²) in [5.74, 6) is 1.33. The summed E-state index contributed by atoms with van der Waals surface area (Å²) in [6.07, 6.45) is -2.02. The third kappa shape index (κ3) is 11.9. The van der Waals surface area contributed by atoms with Crippen molar-refractivity contribution in [3.63, 3.8) is 0 Å². The molecule has 1 atom stereocenters. The first-order valence-electron chi connectivity index (χ1n) is 16.4. The van der Waals surface area contributed by atoms with Crippen LogP contribution in [0.4, 0.5) is 0 Å². The number of hydrogen-bond donors (Lipinski definition) is 0. The van der Waals surface area contributed by atoms with Gasteiger partial charge in [-0.05, 0) is 106 Å². The molecule has 0 aromatic heterocycles. The van der Waals surface area contributed by atoms with Gasteiger partial charge >= 0.3 is 30.6 Å². The average molecular weight is 755 g/mol. The van der Waals surface area contributed by atoms with Crippen LogP contribution in [0.15, 0.2) is 109 Å². The highest BCUT2D eigenvalue weighted by Gasteiger charge is 2.47. The van der Waals surface area contributed by atoms with E-state index in [1.807, 2.05) is 124 Å². The van der Waals surface area contributed by atoms with Gasteiger partial charge in [-0.15, -0.1) is 18.1 Å². The van der Waals surface area contributed by atoms with Gasteiger partial charge in [0.2, 0.25) is 0 Å². The maximum atomic E-state index is 6.81. The van der Waals surface area contributed by atoms with E-state index in [2.05, 4.69) is 0 Å². The van der Waals surface area contributed by atoms with Crippen molar-refractivity contribution in [3.05, 3.63) is 91.0 Å². The maximum Gasteiger partial charge on any atom is 0.458 e. The molecule has 270 valence electrons. The second-order valence-corrected chi connectivity index (χ2v) is 20.7. The van der Waals surface area contributed by atoms with E-state index in [9.17, 15) is 0 Å². The summed E-state index contributed by atoms with van der Waals surface area (Å²) in [5.41, 5.74) is 0. The highest BCUT2D eigenvalue weighted by atomic mass is 31.3. The third-order valence-electron chi connectivity index (χ3n) is 5.55. The van der Waals surface area contributed by atoms with Crippen molar-refractivity contribution >= 4 is 30.6 Å². The van der Waals surface area contributed by atoms with E-state index < -0.39 is 61.2 Å². The monoisotopic (exact) mass is 754 g/mol. The molecule has 16 heteroatoms. The van der Waals surface area contributed by atoms with Crippen molar-refractivity contribution in [3.8, 4) is 17.2 Å². The van der Waals surface area contributed by atoms with Crippen LogP contribution in [0.1, 0.15) is 69.2 Å². The summed E-state index contributed by atoms with van der Waals surface area (Å²) in [6, 6.07) is 27.5. The van der Waals surface area contributed by atoms with Crippen molar-refractivity contribution < 1.29 is 36.2 Å². The number of hydrogen-bond acceptors (Lipinski definition) is 12. The first kappa shape index (κ1) is 39.6. The SMILES string of the molecule is CC(C)OP1(Oc2ccccc2)=NP(Oc2ccccc2)(Oc2ccccc2)=NP(OC(C)C)(OC(C)C)=NP(OC(C)C)(OC(C)C)=N1. The van der Waals surface area contributed by atoms with Crippen LogP contribution in [0.5, 0.6) is 17.2 Å². The lowest BCUT2D eigenvalue weighted by molar-refractivity contribution is 0.159. The lowest BCUT2D eigenvalue weighted by Gasteiger charge is -2.35. The molecule has 1 aliphatic rings. The molecule has 0 N–H and O–H groups in total. The van der Waals surface area contributed by atoms with Crippen LogP contribution in [0, 0.1) is 0 Å². The fourth-order valence-electron chi connectivity index (χ4n) is 4.28. The molecular weight excluding hydrogens is 704 g/mol. The first-order chi connectivity index (χ1) is 23.1. The summed E-state index contributed by atoms with van der Waals surface area (Å²) in [7, 11) is -15.5. The van der Waals surface area contributed by atoms with E-state index in [-0.39, 0.29) is 0 Å². The van der Waals surface area contributed by atoms with E-state index in [0.29, 0.717) is 17.2 Å². The molecule has 1 heterocycles. The predicted octanol–water partition coefficient (Wildman–Crippen LogP) is 13.1. The topological polar surface area (TPSA) is 123 Å². The van der Waals surface area contributed by atoms with Gasteiger partial charge in [0.1, 0.15) is 17.2 Å². The Balaban J connectivity index is 2.29. The molecule has 0 radical (unpaired) electrons. The number of rotatable bonds is 16. The molecule has 4 rings (SSSR count). The van der Waals surface area contributed by atoms with Gasteiger partial charge in [-0.2, -0.15) is 0 Å². The summed E-state index contributed by atoms with van der Waals surface area (Å²) >= 11 is 0. The van der Waals surface area contributed by atoms with Crippen molar-refractivity contribution in [2.75, 3.05) is 0 Å². The van der Waals surface area contributed by atoms with E-state index in [1.165, 1.54) is 0 Å². The van der Waals surface area contributed by atoms with Gasteiger partial charge in [-0.1, -0.05) is 54.6 Å². The zero-order chi connectivity index (χ0) is 35.7. The van der Waals surface area contributed by atoms with Crippen molar-refractivity contribution in [2.45, 2.75) is 99.8 Å². The molecule has 49 heavy (non-hydrogen) atoms. The Hall–Kier alpha value is -2.22. The van der Waals surface area contributed by atoms with Crippen LogP contribution in [0.3, 0.4) is 0 Å². The van der Waals surface area contributed by atoms with Gasteiger partial charge in [0, 0.05) is 0 Å².